The van der Waals surface area contributed by atoms with E-state index in [0.717, 1.165) is 12.1 Å². The zero-order valence-electron chi connectivity index (χ0n) is 6.40. The van der Waals surface area contributed by atoms with Crippen molar-refractivity contribution < 1.29 is 13.5 Å². The van der Waals surface area contributed by atoms with Gasteiger partial charge in [-0.1, -0.05) is 15.9 Å². The van der Waals surface area contributed by atoms with Crippen LogP contribution in [0.5, 0.6) is 5.75 Å². The van der Waals surface area contributed by atoms with Gasteiger partial charge in [-0.15, -0.1) is 0 Å². The fourth-order valence-electron chi connectivity index (χ4n) is 0.864. The second kappa shape index (κ2) is 3.85. The average Bonchev–Trinajstić information content (AvgIpc) is 2.08. The summed E-state index contributed by atoms with van der Waals surface area (Å²) in [6.07, 6.45) is 0. The second-order valence-corrected chi connectivity index (χ2v) is 2.78. The molecule has 0 aliphatic heterocycles. The van der Waals surface area contributed by atoms with E-state index in [-0.39, 0.29) is 16.6 Å². The quantitative estimate of drug-likeness (QED) is 0.718. The lowest BCUT2D eigenvalue weighted by molar-refractivity contribution is 0.381. The van der Waals surface area contributed by atoms with Crippen LogP contribution in [0.4, 0.5) is 8.78 Å². The molecule has 0 fully saturated rings. The summed E-state index contributed by atoms with van der Waals surface area (Å²) >= 11 is 3.04. The minimum Gasteiger partial charge on any atom is -0.494 e. The van der Waals surface area contributed by atoms with Crippen LogP contribution in [-0.2, 0) is 5.33 Å². The van der Waals surface area contributed by atoms with Crippen molar-refractivity contribution in [2.45, 2.75) is 5.33 Å². The van der Waals surface area contributed by atoms with Gasteiger partial charge in [0.1, 0.15) is 5.82 Å². The van der Waals surface area contributed by atoms with Crippen LogP contribution in [0.3, 0.4) is 0 Å². The van der Waals surface area contributed by atoms with E-state index >= 15 is 0 Å². The van der Waals surface area contributed by atoms with Crippen LogP contribution in [0, 0.1) is 11.6 Å². The summed E-state index contributed by atoms with van der Waals surface area (Å²) in [4.78, 5) is 0. The summed E-state index contributed by atoms with van der Waals surface area (Å²) in [5.41, 5.74) is 0.256. The number of alkyl halides is 1. The Labute approximate surface area is 77.5 Å². The van der Waals surface area contributed by atoms with Crippen molar-refractivity contribution in [1.82, 2.24) is 0 Å². The van der Waals surface area contributed by atoms with E-state index in [9.17, 15) is 8.78 Å². The number of hydrogen-bond donors (Lipinski definition) is 0. The summed E-state index contributed by atoms with van der Waals surface area (Å²) in [5, 5.41) is 0.271. The van der Waals surface area contributed by atoms with Crippen LogP contribution in [-0.4, -0.2) is 7.11 Å². The van der Waals surface area contributed by atoms with Gasteiger partial charge in [0.2, 0.25) is 0 Å². The maximum absolute atomic E-state index is 13.1. The Kier molecular flexibility index (Phi) is 3.03. The maximum Gasteiger partial charge on any atom is 0.169 e. The third kappa shape index (κ3) is 1.75. The van der Waals surface area contributed by atoms with Crippen molar-refractivity contribution in [3.63, 3.8) is 0 Å². The van der Waals surface area contributed by atoms with Crippen LogP contribution in [0.15, 0.2) is 12.1 Å². The Balaban J connectivity index is 3.22. The van der Waals surface area contributed by atoms with E-state index in [4.69, 9.17) is 0 Å². The van der Waals surface area contributed by atoms with Gasteiger partial charge in [-0.2, -0.15) is 0 Å². The molecule has 0 unspecified atom stereocenters. The standard InChI is InChI=1S/C8H7BrF2O/c1-12-7-3-6(10)2-5(4-9)8(7)11/h2-3H,4H2,1H3. The molecule has 0 radical (unpaired) electrons. The van der Waals surface area contributed by atoms with Gasteiger partial charge in [-0.05, 0) is 6.07 Å². The van der Waals surface area contributed by atoms with Crippen molar-refractivity contribution in [3.05, 3.63) is 29.3 Å². The van der Waals surface area contributed by atoms with Gasteiger partial charge in [0.25, 0.3) is 0 Å². The molecule has 0 aliphatic carbocycles. The molecular weight excluding hydrogens is 230 g/mol. The van der Waals surface area contributed by atoms with E-state index in [1.165, 1.54) is 7.11 Å². The van der Waals surface area contributed by atoms with Gasteiger partial charge >= 0.3 is 0 Å². The minimum atomic E-state index is -0.518. The fraction of sp³-hybridized carbons (Fsp3) is 0.250. The monoisotopic (exact) mass is 236 g/mol. The second-order valence-electron chi connectivity index (χ2n) is 2.21. The SMILES string of the molecule is COc1cc(F)cc(CBr)c1F. The molecule has 0 bridgehead atoms. The first-order valence-corrected chi connectivity index (χ1v) is 4.39. The number of methoxy groups -OCH3 is 1. The Bertz CT molecular complexity index is 263. The lowest BCUT2D eigenvalue weighted by atomic mass is 10.2. The van der Waals surface area contributed by atoms with Crippen molar-refractivity contribution in [2.75, 3.05) is 7.11 Å². The first-order valence-electron chi connectivity index (χ1n) is 3.27. The van der Waals surface area contributed by atoms with Crippen LogP contribution in [0.1, 0.15) is 5.56 Å². The first kappa shape index (κ1) is 9.45. The number of halogens is 3. The first-order chi connectivity index (χ1) is 5.69. The summed E-state index contributed by atoms with van der Waals surface area (Å²) < 4.78 is 30.5. The Morgan fingerprint density at radius 3 is 2.58 bits per heavy atom. The highest BCUT2D eigenvalue weighted by Crippen LogP contribution is 2.23. The molecule has 0 aliphatic rings. The average molecular weight is 237 g/mol. The number of rotatable bonds is 2. The van der Waals surface area contributed by atoms with Gasteiger partial charge in [-0.3, -0.25) is 0 Å². The zero-order valence-corrected chi connectivity index (χ0v) is 7.99. The fourth-order valence-corrected chi connectivity index (χ4v) is 1.27. The van der Waals surface area contributed by atoms with Gasteiger partial charge in [0.15, 0.2) is 11.6 Å². The molecule has 0 spiro atoms. The summed E-state index contributed by atoms with van der Waals surface area (Å²) in [6, 6.07) is 2.15. The molecule has 0 saturated heterocycles. The molecule has 0 amide bonds. The van der Waals surface area contributed by atoms with Crippen LogP contribution < -0.4 is 4.74 Å². The van der Waals surface area contributed by atoms with Gasteiger partial charge in [-0.25, -0.2) is 8.78 Å². The summed E-state index contributed by atoms with van der Waals surface area (Å²) in [6.45, 7) is 0. The molecule has 1 aromatic carbocycles. The summed E-state index contributed by atoms with van der Waals surface area (Å²) in [5.74, 6) is -1.08. The molecule has 0 aromatic heterocycles. The Morgan fingerprint density at radius 1 is 1.42 bits per heavy atom. The topological polar surface area (TPSA) is 9.23 Å². The van der Waals surface area contributed by atoms with Crippen molar-refractivity contribution in [2.24, 2.45) is 0 Å². The molecule has 0 N–H and O–H groups in total. The van der Waals surface area contributed by atoms with Gasteiger partial charge in [0, 0.05) is 17.0 Å². The molecule has 66 valence electrons. The van der Waals surface area contributed by atoms with E-state index in [2.05, 4.69) is 20.7 Å². The van der Waals surface area contributed by atoms with Gasteiger partial charge in [0.05, 0.1) is 7.11 Å². The highest BCUT2D eigenvalue weighted by molar-refractivity contribution is 9.08. The summed E-state index contributed by atoms with van der Waals surface area (Å²) in [7, 11) is 1.30. The van der Waals surface area contributed by atoms with Crippen molar-refractivity contribution >= 4 is 15.9 Å². The molecular formula is C8H7BrF2O. The number of benzene rings is 1. The highest BCUT2D eigenvalue weighted by atomic mass is 79.9. The lowest BCUT2D eigenvalue weighted by Crippen LogP contribution is -1.94. The highest BCUT2D eigenvalue weighted by Gasteiger charge is 2.09. The van der Waals surface area contributed by atoms with Crippen molar-refractivity contribution in [3.8, 4) is 5.75 Å². The van der Waals surface area contributed by atoms with E-state index in [0.29, 0.717) is 0 Å². The van der Waals surface area contributed by atoms with Crippen molar-refractivity contribution in [1.29, 1.82) is 0 Å². The molecule has 1 rings (SSSR count). The molecule has 0 heterocycles. The normalized spacial score (nSPS) is 10.0. The van der Waals surface area contributed by atoms with E-state index in [1.807, 2.05) is 0 Å². The zero-order chi connectivity index (χ0) is 9.14. The van der Waals surface area contributed by atoms with Gasteiger partial charge < -0.3 is 4.74 Å². The van der Waals surface area contributed by atoms with E-state index < -0.39 is 11.6 Å². The third-order valence-electron chi connectivity index (χ3n) is 1.44. The molecule has 1 nitrogen and oxygen atoms in total. The predicted molar refractivity (Wildman–Crippen MR) is 45.5 cm³/mol. The lowest BCUT2D eigenvalue weighted by Gasteiger charge is -2.04. The van der Waals surface area contributed by atoms with Crippen LogP contribution >= 0.6 is 15.9 Å². The predicted octanol–water partition coefficient (Wildman–Crippen LogP) is 2.87. The third-order valence-corrected chi connectivity index (χ3v) is 2.05. The van der Waals surface area contributed by atoms with Crippen LogP contribution in [0.25, 0.3) is 0 Å². The Hall–Kier alpha value is -0.640. The maximum atomic E-state index is 13.1. The molecule has 0 atom stereocenters. The Morgan fingerprint density at radius 2 is 2.08 bits per heavy atom. The smallest absolute Gasteiger partial charge is 0.169 e. The number of hydrogen-bond acceptors (Lipinski definition) is 1. The molecule has 12 heavy (non-hydrogen) atoms. The minimum absolute atomic E-state index is 0.0653. The number of ether oxygens (including phenoxy) is 1. The van der Waals surface area contributed by atoms with E-state index in [1.54, 1.807) is 0 Å². The van der Waals surface area contributed by atoms with Crippen LogP contribution in [0.2, 0.25) is 0 Å². The molecule has 0 saturated carbocycles. The largest absolute Gasteiger partial charge is 0.494 e. The molecule has 1 aromatic rings. The molecule has 4 heteroatoms.